The number of anilines is 1. The van der Waals surface area contributed by atoms with Gasteiger partial charge < -0.3 is 5.32 Å². The van der Waals surface area contributed by atoms with Crippen LogP contribution in [-0.2, 0) is 4.79 Å². The number of ketones is 2. The molecule has 0 radical (unpaired) electrons. The Morgan fingerprint density at radius 1 is 0.900 bits per heavy atom. The molecule has 1 N–H and O–H groups in total. The highest BCUT2D eigenvalue weighted by atomic mass is 79.9. The number of carbonyl (C=O) groups excluding carboxylic acids is 2. The summed E-state index contributed by atoms with van der Waals surface area (Å²) in [6.07, 6.45) is 1.35. The first kappa shape index (κ1) is 12.8. The molecule has 0 atom stereocenters. The van der Waals surface area contributed by atoms with E-state index in [1.807, 2.05) is 36.4 Å². The summed E-state index contributed by atoms with van der Waals surface area (Å²) in [5.74, 6) is -0.957. The van der Waals surface area contributed by atoms with Crippen molar-refractivity contribution < 1.29 is 9.59 Å². The average Bonchev–Trinajstić information content (AvgIpc) is 2.45. The van der Waals surface area contributed by atoms with Crippen LogP contribution in [0.4, 0.5) is 5.69 Å². The fraction of sp³-hybridized carbons (Fsp3) is 0. The lowest BCUT2D eigenvalue weighted by molar-refractivity contribution is -0.111. The van der Waals surface area contributed by atoms with E-state index in [9.17, 15) is 9.59 Å². The lowest BCUT2D eigenvalue weighted by Gasteiger charge is -2.17. The molecule has 3 nitrogen and oxygen atoms in total. The Hall–Kier alpha value is -2.20. The number of Topliss-reactive ketones (excluding diaryl/α,β-unsaturated/α-hetero) is 1. The van der Waals surface area contributed by atoms with E-state index in [0.717, 1.165) is 15.7 Å². The second-order valence-electron chi connectivity index (χ2n) is 4.43. The van der Waals surface area contributed by atoms with Gasteiger partial charge in [0.2, 0.25) is 11.6 Å². The molecule has 0 saturated carbocycles. The number of hydrogen-bond donors (Lipinski definition) is 1. The quantitative estimate of drug-likeness (QED) is 0.856. The SMILES string of the molecule is O=C1C=C(Nc2cccc(Br)c2)c2ccccc2C1=O. The Kier molecular flexibility index (Phi) is 3.24. The summed E-state index contributed by atoms with van der Waals surface area (Å²) >= 11 is 3.40. The van der Waals surface area contributed by atoms with Gasteiger partial charge in [-0.05, 0) is 18.2 Å². The van der Waals surface area contributed by atoms with Gasteiger partial charge in [-0.3, -0.25) is 9.59 Å². The van der Waals surface area contributed by atoms with Gasteiger partial charge in [0.15, 0.2) is 0 Å². The maximum atomic E-state index is 11.8. The van der Waals surface area contributed by atoms with Gasteiger partial charge in [0, 0.05) is 27.4 Å². The van der Waals surface area contributed by atoms with Crippen molar-refractivity contribution in [2.75, 3.05) is 5.32 Å². The van der Waals surface area contributed by atoms with Gasteiger partial charge in [-0.25, -0.2) is 0 Å². The number of rotatable bonds is 2. The predicted octanol–water partition coefficient (Wildman–Crippen LogP) is 3.67. The van der Waals surface area contributed by atoms with E-state index in [1.54, 1.807) is 12.1 Å². The van der Waals surface area contributed by atoms with Gasteiger partial charge >= 0.3 is 0 Å². The van der Waals surface area contributed by atoms with E-state index < -0.39 is 11.6 Å². The number of nitrogens with one attached hydrogen (secondary N) is 1. The Labute approximate surface area is 124 Å². The van der Waals surface area contributed by atoms with Crippen LogP contribution in [0.5, 0.6) is 0 Å². The minimum absolute atomic E-state index is 0.442. The van der Waals surface area contributed by atoms with Gasteiger partial charge in [-0.1, -0.05) is 46.3 Å². The minimum Gasteiger partial charge on any atom is -0.355 e. The summed E-state index contributed by atoms with van der Waals surface area (Å²) in [5.41, 5.74) is 2.68. The van der Waals surface area contributed by atoms with Crippen molar-refractivity contribution in [2.45, 2.75) is 0 Å². The number of fused-ring (bicyclic) bond motifs is 1. The van der Waals surface area contributed by atoms with Crippen LogP contribution >= 0.6 is 15.9 Å². The molecular formula is C16H10BrNO2. The number of benzene rings is 2. The van der Waals surface area contributed by atoms with E-state index in [0.29, 0.717) is 11.3 Å². The van der Waals surface area contributed by atoms with Crippen LogP contribution in [0.25, 0.3) is 5.70 Å². The molecular weight excluding hydrogens is 318 g/mol. The molecule has 98 valence electrons. The number of allylic oxidation sites excluding steroid dienone is 1. The van der Waals surface area contributed by atoms with E-state index in [1.165, 1.54) is 6.08 Å². The molecule has 1 aliphatic carbocycles. The Morgan fingerprint density at radius 3 is 2.40 bits per heavy atom. The van der Waals surface area contributed by atoms with Crippen molar-refractivity contribution in [1.29, 1.82) is 0 Å². The number of hydrogen-bond acceptors (Lipinski definition) is 3. The summed E-state index contributed by atoms with van der Waals surface area (Å²) in [5, 5.41) is 3.19. The second kappa shape index (κ2) is 5.06. The molecule has 0 saturated heterocycles. The Bertz CT molecular complexity index is 750. The first-order chi connectivity index (χ1) is 9.65. The van der Waals surface area contributed by atoms with Gasteiger partial charge in [0.25, 0.3) is 0 Å². The van der Waals surface area contributed by atoms with Crippen LogP contribution in [0.1, 0.15) is 15.9 Å². The lowest BCUT2D eigenvalue weighted by atomic mass is 9.93. The molecule has 0 spiro atoms. The molecule has 0 aliphatic heterocycles. The molecule has 4 heteroatoms. The van der Waals surface area contributed by atoms with E-state index in [2.05, 4.69) is 21.2 Å². The van der Waals surface area contributed by atoms with Crippen molar-refractivity contribution in [2.24, 2.45) is 0 Å². The summed E-state index contributed by atoms with van der Waals surface area (Å²) in [6, 6.07) is 14.7. The highest BCUT2D eigenvalue weighted by molar-refractivity contribution is 9.10. The smallest absolute Gasteiger partial charge is 0.233 e. The molecule has 0 bridgehead atoms. The van der Waals surface area contributed by atoms with Gasteiger partial charge in [0.1, 0.15) is 0 Å². The summed E-state index contributed by atoms with van der Waals surface area (Å²) in [7, 11) is 0. The van der Waals surface area contributed by atoms with Crippen LogP contribution in [0, 0.1) is 0 Å². The molecule has 2 aromatic rings. The fourth-order valence-corrected chi connectivity index (χ4v) is 2.55. The molecule has 20 heavy (non-hydrogen) atoms. The molecule has 0 heterocycles. The third kappa shape index (κ3) is 2.30. The Balaban J connectivity index is 2.03. The van der Waals surface area contributed by atoms with Crippen molar-refractivity contribution >= 4 is 38.9 Å². The van der Waals surface area contributed by atoms with Gasteiger partial charge in [-0.15, -0.1) is 0 Å². The number of halogens is 1. The minimum atomic E-state index is -0.499. The van der Waals surface area contributed by atoms with E-state index in [4.69, 9.17) is 0 Å². The van der Waals surface area contributed by atoms with Crippen molar-refractivity contribution in [3.8, 4) is 0 Å². The zero-order valence-corrected chi connectivity index (χ0v) is 12.0. The molecule has 0 aromatic heterocycles. The van der Waals surface area contributed by atoms with Gasteiger partial charge in [-0.2, -0.15) is 0 Å². The summed E-state index contributed by atoms with van der Waals surface area (Å²) in [6.45, 7) is 0. The van der Waals surface area contributed by atoms with Crippen LogP contribution in [0.2, 0.25) is 0 Å². The second-order valence-corrected chi connectivity index (χ2v) is 5.35. The molecule has 3 rings (SSSR count). The molecule has 0 amide bonds. The van der Waals surface area contributed by atoms with E-state index >= 15 is 0 Å². The zero-order valence-electron chi connectivity index (χ0n) is 10.4. The zero-order chi connectivity index (χ0) is 14.1. The fourth-order valence-electron chi connectivity index (χ4n) is 2.15. The van der Waals surface area contributed by atoms with Crippen molar-refractivity contribution in [3.63, 3.8) is 0 Å². The largest absolute Gasteiger partial charge is 0.355 e. The normalized spacial score (nSPS) is 13.8. The predicted molar refractivity (Wildman–Crippen MR) is 81.5 cm³/mol. The Morgan fingerprint density at radius 2 is 1.65 bits per heavy atom. The van der Waals surface area contributed by atoms with Crippen LogP contribution in [-0.4, -0.2) is 11.6 Å². The molecule has 1 aliphatic rings. The van der Waals surface area contributed by atoms with Crippen molar-refractivity contribution in [1.82, 2.24) is 0 Å². The third-order valence-corrected chi connectivity index (χ3v) is 3.56. The van der Waals surface area contributed by atoms with Crippen LogP contribution < -0.4 is 5.32 Å². The first-order valence-electron chi connectivity index (χ1n) is 6.07. The maximum Gasteiger partial charge on any atom is 0.233 e. The van der Waals surface area contributed by atoms with E-state index in [-0.39, 0.29) is 0 Å². The van der Waals surface area contributed by atoms with Crippen LogP contribution in [0.3, 0.4) is 0 Å². The topological polar surface area (TPSA) is 46.2 Å². The standard InChI is InChI=1S/C16H10BrNO2/c17-10-4-3-5-11(8-10)18-14-9-15(19)16(20)13-7-2-1-6-12(13)14/h1-9,18H. The average molecular weight is 328 g/mol. The highest BCUT2D eigenvalue weighted by Crippen LogP contribution is 2.27. The first-order valence-corrected chi connectivity index (χ1v) is 6.87. The van der Waals surface area contributed by atoms with Gasteiger partial charge in [0.05, 0.1) is 5.70 Å². The third-order valence-electron chi connectivity index (χ3n) is 3.06. The monoisotopic (exact) mass is 327 g/mol. The van der Waals surface area contributed by atoms with Crippen LogP contribution in [0.15, 0.2) is 59.1 Å². The summed E-state index contributed by atoms with van der Waals surface area (Å²) in [4.78, 5) is 23.6. The molecule has 0 unspecified atom stereocenters. The lowest BCUT2D eigenvalue weighted by Crippen LogP contribution is -2.20. The maximum absolute atomic E-state index is 11.8. The highest BCUT2D eigenvalue weighted by Gasteiger charge is 2.25. The number of carbonyl (C=O) groups is 2. The molecule has 0 fully saturated rings. The van der Waals surface area contributed by atoms with Crippen molar-refractivity contribution in [3.05, 3.63) is 70.2 Å². The molecule has 2 aromatic carbocycles. The summed E-state index contributed by atoms with van der Waals surface area (Å²) < 4.78 is 0.939.